The fraction of sp³-hybridized carbons (Fsp3) is 0.167. The van der Waals surface area contributed by atoms with E-state index in [1.54, 1.807) is 24.6 Å². The number of nitrogens with one attached hydrogen (secondary N) is 1. The smallest absolute Gasteiger partial charge is 0.215 e. The lowest BCUT2D eigenvalue weighted by Gasteiger charge is -2.11. The first kappa shape index (κ1) is 20.1. The fourth-order valence-corrected chi connectivity index (χ4v) is 4.37. The third kappa shape index (κ3) is 3.80. The van der Waals surface area contributed by atoms with Crippen LogP contribution in [0.15, 0.2) is 60.2 Å². The second-order valence-corrected chi connectivity index (χ2v) is 8.40. The van der Waals surface area contributed by atoms with Crippen LogP contribution < -0.4 is 10.1 Å². The Morgan fingerprint density at radius 2 is 1.91 bits per heavy atom. The number of hydrogen-bond donors (Lipinski definition) is 1. The van der Waals surface area contributed by atoms with Crippen molar-refractivity contribution < 1.29 is 4.74 Å². The molecule has 0 bridgehead atoms. The molecule has 0 spiro atoms. The molecule has 0 saturated heterocycles. The van der Waals surface area contributed by atoms with Crippen molar-refractivity contribution in [2.45, 2.75) is 20.4 Å². The number of benzene rings is 1. The van der Waals surface area contributed by atoms with E-state index in [0.717, 1.165) is 44.3 Å². The summed E-state index contributed by atoms with van der Waals surface area (Å²) in [5.41, 5.74) is 5.88. The van der Waals surface area contributed by atoms with Gasteiger partial charge >= 0.3 is 0 Å². The first-order chi connectivity index (χ1) is 15.6. The maximum absolute atomic E-state index is 5.30. The van der Waals surface area contributed by atoms with Gasteiger partial charge in [0.05, 0.1) is 13.7 Å². The zero-order valence-corrected chi connectivity index (χ0v) is 18.8. The largest absolute Gasteiger partial charge is 0.481 e. The number of thiazole rings is 1. The predicted molar refractivity (Wildman–Crippen MR) is 127 cm³/mol. The molecule has 0 atom stereocenters. The van der Waals surface area contributed by atoms with Gasteiger partial charge in [-0.25, -0.2) is 19.5 Å². The lowest BCUT2D eigenvalue weighted by atomic mass is 10.1. The van der Waals surface area contributed by atoms with Crippen molar-refractivity contribution in [1.29, 1.82) is 0 Å². The highest BCUT2D eigenvalue weighted by molar-refractivity contribution is 7.09. The summed E-state index contributed by atoms with van der Waals surface area (Å²) in [6.45, 7) is 4.55. The molecule has 7 nitrogen and oxygen atoms in total. The van der Waals surface area contributed by atoms with Crippen LogP contribution in [-0.4, -0.2) is 31.7 Å². The normalized spacial score (nSPS) is 11.1. The number of pyridine rings is 1. The summed E-state index contributed by atoms with van der Waals surface area (Å²) in [5.74, 6) is 1.93. The Kier molecular flexibility index (Phi) is 5.28. The fourth-order valence-electron chi connectivity index (χ4n) is 3.66. The number of aryl methyl sites for hydroxylation is 2. The quantitative estimate of drug-likeness (QED) is 0.392. The molecule has 5 rings (SSSR count). The molecule has 5 aromatic rings. The molecule has 32 heavy (non-hydrogen) atoms. The van der Waals surface area contributed by atoms with E-state index in [4.69, 9.17) is 14.8 Å². The number of hydrogen-bond acceptors (Lipinski definition) is 7. The van der Waals surface area contributed by atoms with Crippen LogP contribution in [0.4, 0.5) is 5.82 Å². The molecule has 0 saturated carbocycles. The van der Waals surface area contributed by atoms with Crippen molar-refractivity contribution in [1.82, 2.24) is 24.6 Å². The van der Waals surface area contributed by atoms with E-state index in [1.165, 1.54) is 0 Å². The lowest BCUT2D eigenvalue weighted by molar-refractivity contribution is 0.394. The van der Waals surface area contributed by atoms with E-state index in [2.05, 4.69) is 38.9 Å². The van der Waals surface area contributed by atoms with Crippen molar-refractivity contribution in [3.63, 3.8) is 0 Å². The third-order valence-corrected chi connectivity index (χ3v) is 6.12. The van der Waals surface area contributed by atoms with E-state index >= 15 is 0 Å². The number of rotatable bonds is 6. The second-order valence-electron chi connectivity index (χ2n) is 7.46. The van der Waals surface area contributed by atoms with E-state index in [0.29, 0.717) is 18.2 Å². The van der Waals surface area contributed by atoms with E-state index < -0.39 is 0 Å². The number of aromatic nitrogens is 5. The first-order valence-electron chi connectivity index (χ1n) is 10.2. The van der Waals surface area contributed by atoms with Gasteiger partial charge in [-0.1, -0.05) is 30.3 Å². The summed E-state index contributed by atoms with van der Waals surface area (Å²) in [6.07, 6.45) is 3.70. The number of anilines is 1. The van der Waals surface area contributed by atoms with Gasteiger partial charge in [-0.05, 0) is 31.5 Å². The Bertz CT molecular complexity index is 1390. The third-order valence-electron chi connectivity index (χ3n) is 5.15. The van der Waals surface area contributed by atoms with Gasteiger partial charge in [-0.2, -0.15) is 0 Å². The summed E-state index contributed by atoms with van der Waals surface area (Å²) in [6, 6.07) is 14.3. The molecule has 0 aliphatic heterocycles. The van der Waals surface area contributed by atoms with E-state index in [9.17, 15) is 0 Å². The Balaban J connectivity index is 1.63. The van der Waals surface area contributed by atoms with Crippen LogP contribution in [0.3, 0.4) is 0 Å². The molecular weight excluding hydrogens is 420 g/mol. The number of fused-ring (bicyclic) bond motifs is 1. The first-order valence-corrected chi connectivity index (χ1v) is 11.1. The molecule has 160 valence electrons. The van der Waals surface area contributed by atoms with E-state index in [-0.39, 0.29) is 0 Å². The Labute approximate surface area is 189 Å². The summed E-state index contributed by atoms with van der Waals surface area (Å²) in [7, 11) is 1.62. The number of ether oxygens (including phenoxy) is 1. The summed E-state index contributed by atoms with van der Waals surface area (Å²) in [5, 5.41) is 11.3. The van der Waals surface area contributed by atoms with Crippen LogP contribution in [0.1, 0.15) is 16.3 Å². The Morgan fingerprint density at radius 3 is 2.62 bits per heavy atom. The predicted octanol–water partition coefficient (Wildman–Crippen LogP) is 5.15. The average Bonchev–Trinajstić information content (AvgIpc) is 3.44. The minimum Gasteiger partial charge on any atom is -0.481 e. The molecule has 0 unspecified atom stereocenters. The Hall–Kier alpha value is -3.78. The number of nitrogens with zero attached hydrogens (tertiary/aromatic N) is 5. The zero-order valence-electron chi connectivity index (χ0n) is 18.0. The standard InChI is InChI=1S/C24H22N6OS/c1-15-11-18(12-26-24(15)31-3)22-28-23(25-13-20-27-16(2)14-32-20)21-19(9-10-30(21)29-22)17-7-5-4-6-8-17/h4-12,14H,13H2,1-3H3,(H,25,28,29). The van der Waals surface area contributed by atoms with Crippen molar-refractivity contribution >= 4 is 22.7 Å². The second kappa shape index (κ2) is 8.39. The lowest BCUT2D eigenvalue weighted by Crippen LogP contribution is -2.07. The SMILES string of the molecule is COc1ncc(-c2nc(NCc3nc(C)cs3)c3c(-c4ccccc4)ccn3n2)cc1C. The summed E-state index contributed by atoms with van der Waals surface area (Å²) in [4.78, 5) is 13.9. The van der Waals surface area contributed by atoms with Gasteiger partial charge in [-0.15, -0.1) is 16.4 Å². The summed E-state index contributed by atoms with van der Waals surface area (Å²) < 4.78 is 7.17. The van der Waals surface area contributed by atoms with Gasteiger partial charge in [0, 0.05) is 40.2 Å². The van der Waals surface area contributed by atoms with Gasteiger partial charge in [-0.3, -0.25) is 0 Å². The molecule has 8 heteroatoms. The molecule has 0 fully saturated rings. The van der Waals surface area contributed by atoms with Gasteiger partial charge < -0.3 is 10.1 Å². The van der Waals surface area contributed by atoms with Gasteiger partial charge in [0.15, 0.2) is 11.6 Å². The van der Waals surface area contributed by atoms with Crippen LogP contribution in [0.5, 0.6) is 5.88 Å². The van der Waals surface area contributed by atoms with Crippen molar-refractivity contribution in [2.75, 3.05) is 12.4 Å². The zero-order chi connectivity index (χ0) is 22.1. The number of methoxy groups -OCH3 is 1. The molecule has 1 N–H and O–H groups in total. The van der Waals surface area contributed by atoms with Gasteiger partial charge in [0.2, 0.25) is 5.88 Å². The highest BCUT2D eigenvalue weighted by Gasteiger charge is 2.16. The van der Waals surface area contributed by atoms with Gasteiger partial charge in [0.25, 0.3) is 0 Å². The van der Waals surface area contributed by atoms with Crippen LogP contribution in [0.25, 0.3) is 28.0 Å². The highest BCUT2D eigenvalue weighted by atomic mass is 32.1. The van der Waals surface area contributed by atoms with Crippen molar-refractivity contribution in [2.24, 2.45) is 0 Å². The Morgan fingerprint density at radius 1 is 1.06 bits per heavy atom. The molecule has 4 heterocycles. The molecule has 0 aliphatic rings. The van der Waals surface area contributed by atoms with Gasteiger partial charge in [0.1, 0.15) is 10.5 Å². The maximum atomic E-state index is 5.30. The van der Waals surface area contributed by atoms with Crippen LogP contribution in [0, 0.1) is 13.8 Å². The van der Waals surface area contributed by atoms with Crippen molar-refractivity contribution in [3.8, 4) is 28.4 Å². The molecule has 0 radical (unpaired) electrons. The minimum atomic E-state index is 0.587. The van der Waals surface area contributed by atoms with Crippen molar-refractivity contribution in [3.05, 3.63) is 76.5 Å². The van der Waals surface area contributed by atoms with Crippen LogP contribution in [-0.2, 0) is 6.54 Å². The van der Waals surface area contributed by atoms with Crippen LogP contribution in [0.2, 0.25) is 0 Å². The highest BCUT2D eigenvalue weighted by Crippen LogP contribution is 2.32. The maximum Gasteiger partial charge on any atom is 0.215 e. The minimum absolute atomic E-state index is 0.587. The summed E-state index contributed by atoms with van der Waals surface area (Å²) >= 11 is 1.64. The average molecular weight is 443 g/mol. The molecule has 1 aromatic carbocycles. The monoisotopic (exact) mass is 442 g/mol. The van der Waals surface area contributed by atoms with Crippen LogP contribution >= 0.6 is 11.3 Å². The molecule has 4 aromatic heterocycles. The topological polar surface area (TPSA) is 77.2 Å². The molecular formula is C24H22N6OS. The molecule has 0 aliphatic carbocycles. The van der Waals surface area contributed by atoms with E-state index in [1.807, 2.05) is 48.8 Å². The molecule has 0 amide bonds.